The van der Waals surface area contributed by atoms with Crippen LogP contribution in [-0.4, -0.2) is 6.61 Å². The van der Waals surface area contributed by atoms with E-state index in [0.29, 0.717) is 0 Å². The van der Waals surface area contributed by atoms with Gasteiger partial charge in [0.1, 0.15) is 0 Å². The van der Waals surface area contributed by atoms with Gasteiger partial charge in [-0.2, -0.15) is 0 Å². The first-order valence-corrected chi connectivity index (χ1v) is 2.67. The molecule has 0 fully saturated rings. The van der Waals surface area contributed by atoms with E-state index in [2.05, 4.69) is 2.85 Å². The minimum Gasteiger partial charge on any atom is -1.00 e. The van der Waals surface area contributed by atoms with Gasteiger partial charge in [-0.3, -0.25) is 0 Å². The molecule has 0 unspecified atom stereocenters. The van der Waals surface area contributed by atoms with Crippen molar-refractivity contribution in [2.45, 2.75) is 6.92 Å². The van der Waals surface area contributed by atoms with E-state index < -0.39 is 0 Å². The summed E-state index contributed by atoms with van der Waals surface area (Å²) in [5.74, 6) is 0. The molecule has 0 spiro atoms. The fourth-order valence-electron chi connectivity index (χ4n) is 0. The van der Waals surface area contributed by atoms with Crippen molar-refractivity contribution < 1.29 is 64.9 Å². The Kier molecular flexibility index (Phi) is 84.2. The monoisotopic (exact) mass is 330 g/mol. The summed E-state index contributed by atoms with van der Waals surface area (Å²) >= 11 is 0.890. The molecule has 5 heteroatoms. The molecule has 0 heterocycles. The van der Waals surface area contributed by atoms with Gasteiger partial charge in [-0.1, -0.05) is 0 Å². The molecule has 0 aromatic rings. The summed E-state index contributed by atoms with van der Waals surface area (Å²) in [6.07, 6.45) is 0. The Morgan fingerprint density at radius 2 is 1.43 bits per heavy atom. The average molecular weight is 330 g/mol. The molecular formula is C2H5Cl3HfO. The van der Waals surface area contributed by atoms with Gasteiger partial charge in [0, 0.05) is 0 Å². The maximum atomic E-state index is 4.68. The van der Waals surface area contributed by atoms with Crippen molar-refractivity contribution in [1.29, 1.82) is 0 Å². The molecule has 0 aliphatic heterocycles. The predicted octanol–water partition coefficient (Wildman–Crippen LogP) is -8.50. The van der Waals surface area contributed by atoms with Gasteiger partial charge in [0.25, 0.3) is 0 Å². The van der Waals surface area contributed by atoms with Crippen molar-refractivity contribution in [2.24, 2.45) is 0 Å². The SMILES string of the molecule is CC[O][Hf+3].[Cl-].[Cl-].[Cl-]. The smallest absolute Gasteiger partial charge is 1.00 e. The van der Waals surface area contributed by atoms with Crippen LogP contribution in [0.5, 0.6) is 0 Å². The third-order valence-electron chi connectivity index (χ3n) is 0.144. The van der Waals surface area contributed by atoms with Crippen LogP contribution in [-0.2, 0) is 27.7 Å². The fraction of sp³-hybridized carbons (Fsp3) is 1.00. The van der Waals surface area contributed by atoms with Crippen molar-refractivity contribution in [2.75, 3.05) is 6.61 Å². The topological polar surface area (TPSA) is 9.23 Å². The summed E-state index contributed by atoms with van der Waals surface area (Å²) in [6, 6.07) is 0. The van der Waals surface area contributed by atoms with Crippen molar-refractivity contribution in [1.82, 2.24) is 0 Å². The van der Waals surface area contributed by atoms with Gasteiger partial charge in [-0.25, -0.2) is 0 Å². The first kappa shape index (κ1) is 23.4. The minimum atomic E-state index is 0. The van der Waals surface area contributed by atoms with Crippen LogP contribution < -0.4 is 37.2 Å². The Balaban J connectivity index is -0.0000000150. The molecule has 0 amide bonds. The Hall–Kier alpha value is 1.70. The van der Waals surface area contributed by atoms with E-state index in [1.807, 2.05) is 6.92 Å². The van der Waals surface area contributed by atoms with Gasteiger partial charge in [-0.05, 0) is 0 Å². The molecule has 0 saturated heterocycles. The Bertz CT molecular complexity index is 14.9. The van der Waals surface area contributed by atoms with E-state index in [4.69, 9.17) is 0 Å². The molecule has 7 heavy (non-hydrogen) atoms. The summed E-state index contributed by atoms with van der Waals surface area (Å²) < 4.78 is 4.68. The molecule has 0 saturated carbocycles. The summed E-state index contributed by atoms with van der Waals surface area (Å²) in [5, 5.41) is 0. The maximum Gasteiger partial charge on any atom is -1.00 e. The van der Waals surface area contributed by atoms with Crippen molar-refractivity contribution in [3.8, 4) is 0 Å². The molecule has 0 N–H and O–H groups in total. The Morgan fingerprint density at radius 3 is 1.43 bits per heavy atom. The van der Waals surface area contributed by atoms with Gasteiger partial charge in [-0.15, -0.1) is 0 Å². The molecule has 0 aromatic heterocycles. The molecule has 0 aromatic carbocycles. The van der Waals surface area contributed by atoms with Gasteiger partial charge in [0.2, 0.25) is 0 Å². The average Bonchev–Trinajstić information content (AvgIpc) is 1.37. The third-order valence-corrected chi connectivity index (χ3v) is 1.18. The number of hydrogen-bond donors (Lipinski definition) is 0. The molecule has 1 nitrogen and oxygen atoms in total. The van der Waals surface area contributed by atoms with E-state index in [0.717, 1.165) is 31.4 Å². The zero-order valence-electron chi connectivity index (χ0n) is 3.75. The van der Waals surface area contributed by atoms with Crippen LogP contribution in [0.25, 0.3) is 0 Å². The largest absolute Gasteiger partial charge is 1.00 e. The van der Waals surface area contributed by atoms with E-state index in [9.17, 15) is 0 Å². The maximum absolute atomic E-state index is 4.68. The zero-order chi connectivity index (χ0) is 3.41. The van der Waals surface area contributed by atoms with Gasteiger partial charge in [0.05, 0.1) is 0 Å². The van der Waals surface area contributed by atoms with Crippen LogP contribution in [0, 0.1) is 0 Å². The van der Waals surface area contributed by atoms with Gasteiger partial charge >= 0.3 is 41.2 Å². The quantitative estimate of drug-likeness (QED) is 0.434. The number of halogens is 3. The third kappa shape index (κ3) is 34.3. The number of rotatable bonds is 1. The number of hydrogen-bond acceptors (Lipinski definition) is 1. The summed E-state index contributed by atoms with van der Waals surface area (Å²) in [7, 11) is 0. The summed E-state index contributed by atoms with van der Waals surface area (Å²) in [5.41, 5.74) is 0. The van der Waals surface area contributed by atoms with Crippen LogP contribution in [0.4, 0.5) is 0 Å². The molecule has 0 radical (unpaired) electrons. The first-order valence-electron chi connectivity index (χ1n) is 1.20. The summed E-state index contributed by atoms with van der Waals surface area (Å²) in [6.45, 7) is 2.87. The standard InChI is InChI=1S/C2H5O.3ClH.Hf/c1-2-3;;;;/h2H2,1H3;3*1H;/q-1;;;;+4/p-3. The van der Waals surface area contributed by atoms with Gasteiger partial charge < -0.3 is 37.2 Å². The van der Waals surface area contributed by atoms with Crippen LogP contribution >= 0.6 is 0 Å². The van der Waals surface area contributed by atoms with Gasteiger partial charge in [0.15, 0.2) is 0 Å². The second-order valence-corrected chi connectivity index (χ2v) is 1.47. The van der Waals surface area contributed by atoms with Crippen LogP contribution in [0.2, 0.25) is 0 Å². The van der Waals surface area contributed by atoms with Crippen molar-refractivity contribution in [3.05, 3.63) is 0 Å². The summed E-state index contributed by atoms with van der Waals surface area (Å²) in [4.78, 5) is 0. The van der Waals surface area contributed by atoms with E-state index >= 15 is 0 Å². The molecule has 0 aliphatic rings. The molecule has 0 aliphatic carbocycles. The molecule has 44 valence electrons. The van der Waals surface area contributed by atoms with Crippen LogP contribution in [0.3, 0.4) is 0 Å². The van der Waals surface area contributed by atoms with Crippen molar-refractivity contribution in [3.63, 3.8) is 0 Å². The minimum absolute atomic E-state index is 0. The van der Waals surface area contributed by atoms with E-state index in [1.165, 1.54) is 0 Å². The van der Waals surface area contributed by atoms with Crippen LogP contribution in [0.1, 0.15) is 6.92 Å². The Labute approximate surface area is 78.0 Å². The zero-order valence-corrected chi connectivity index (χ0v) is 9.61. The van der Waals surface area contributed by atoms with E-state index in [-0.39, 0.29) is 37.2 Å². The predicted molar refractivity (Wildman–Crippen MR) is 11.6 cm³/mol. The normalized spacial score (nSPS) is 4.43. The molecule has 0 rings (SSSR count). The van der Waals surface area contributed by atoms with Crippen molar-refractivity contribution >= 4 is 0 Å². The first-order chi connectivity index (χ1) is 1.91. The second-order valence-electron chi connectivity index (χ2n) is 0.433. The molecule has 0 bridgehead atoms. The van der Waals surface area contributed by atoms with E-state index in [1.54, 1.807) is 0 Å². The second kappa shape index (κ2) is 25.2. The van der Waals surface area contributed by atoms with Crippen LogP contribution in [0.15, 0.2) is 0 Å². The molecular weight excluding hydrogens is 325 g/mol. The molecule has 0 atom stereocenters. The Morgan fingerprint density at radius 1 is 1.29 bits per heavy atom. The fourth-order valence-corrected chi connectivity index (χ4v) is 0.